The van der Waals surface area contributed by atoms with E-state index in [0.717, 1.165) is 35.5 Å². The monoisotopic (exact) mass is 987 g/mol. The van der Waals surface area contributed by atoms with Gasteiger partial charge in [0.05, 0.1) is 0 Å². The van der Waals surface area contributed by atoms with Gasteiger partial charge in [-0.05, 0) is 94.4 Å². The number of aromatic hydroxyl groups is 1. The number of benzene rings is 1. The van der Waals surface area contributed by atoms with E-state index in [1.54, 1.807) is 26.0 Å². The summed E-state index contributed by atoms with van der Waals surface area (Å²) in [6, 6.07) is -4.06. The summed E-state index contributed by atoms with van der Waals surface area (Å²) in [6.07, 6.45) is 0.890. The number of rotatable bonds is 21. The average molecular weight is 987 g/mol. The van der Waals surface area contributed by atoms with Gasteiger partial charge in [-0.2, -0.15) is 0 Å². The standard InChI is InChI=1S/C49H78N8O13/c1-8-9-10-11-12-16-38(59)51-34(22-24-40(61)62)44(64)55-42-30(6)70-49(69)41(29(4)5)54-45(65)36(27-31-17-19-32(58)20-18-31)56(7)48(68)37(26-28(2)3)57-39(60)23-21-35(47(57)67)53-43(63)33(52-46(42)66)15-13-14-25-50/h17-20,28-30,33-37,39,41-42,58,60H,8-16,21-27,50H2,1-7H3,(H,51,59)(H,52,66)(H,53,63)(H,54,65)(H,55,64)(H,61,62)/t30-,33+,34+,35+,36+,37+,39-,41+,42+/m1/s1. The van der Waals surface area contributed by atoms with Crippen molar-refractivity contribution in [2.45, 2.75) is 192 Å². The second-order valence-corrected chi connectivity index (χ2v) is 19.3. The van der Waals surface area contributed by atoms with Gasteiger partial charge in [-0.15, -0.1) is 0 Å². The van der Waals surface area contributed by atoms with Gasteiger partial charge in [-0.25, -0.2) is 4.79 Å². The molecule has 1 aromatic carbocycles. The number of aliphatic hydroxyl groups is 1. The molecule has 10 N–H and O–H groups in total. The highest BCUT2D eigenvalue weighted by Crippen LogP contribution is 2.27. The maximum Gasteiger partial charge on any atom is 0.329 e. The minimum Gasteiger partial charge on any atom is -0.508 e. The summed E-state index contributed by atoms with van der Waals surface area (Å²) >= 11 is 0. The van der Waals surface area contributed by atoms with E-state index in [0.29, 0.717) is 24.8 Å². The number of carboxylic acids is 1. The Bertz CT molecular complexity index is 1950. The van der Waals surface area contributed by atoms with Crippen molar-refractivity contribution < 1.29 is 63.2 Å². The molecule has 392 valence electrons. The molecular formula is C49H78N8O13. The Kier molecular flexibility index (Phi) is 24.0. The van der Waals surface area contributed by atoms with Crippen molar-refractivity contribution in [3.05, 3.63) is 29.8 Å². The molecule has 21 nitrogen and oxygen atoms in total. The van der Waals surface area contributed by atoms with Crippen LogP contribution in [0.15, 0.2) is 24.3 Å². The third-order valence-electron chi connectivity index (χ3n) is 12.7. The number of likely N-dealkylation sites (N-methyl/N-ethyl adjacent to an activating group) is 1. The molecule has 70 heavy (non-hydrogen) atoms. The number of nitrogens with one attached hydrogen (secondary N) is 5. The van der Waals surface area contributed by atoms with Gasteiger partial charge in [0, 0.05) is 26.3 Å². The number of esters is 1. The summed E-state index contributed by atoms with van der Waals surface area (Å²) < 4.78 is 5.87. The van der Waals surface area contributed by atoms with E-state index in [9.17, 15) is 58.5 Å². The van der Waals surface area contributed by atoms with E-state index < -0.39 is 120 Å². The maximum absolute atomic E-state index is 14.8. The fourth-order valence-electron chi connectivity index (χ4n) is 8.54. The van der Waals surface area contributed by atoms with Crippen LogP contribution in [0, 0.1) is 11.8 Å². The van der Waals surface area contributed by atoms with Crippen LogP contribution in [-0.2, 0) is 54.3 Å². The number of carbonyl (C=O) groups excluding carboxylic acids is 8. The molecule has 0 aromatic heterocycles. The van der Waals surface area contributed by atoms with Crippen molar-refractivity contribution in [3.8, 4) is 5.75 Å². The van der Waals surface area contributed by atoms with Gasteiger partial charge in [0.15, 0.2) is 0 Å². The molecule has 0 spiro atoms. The van der Waals surface area contributed by atoms with Crippen molar-refractivity contribution in [1.29, 1.82) is 0 Å². The quantitative estimate of drug-likeness (QED) is 0.0623. The summed E-state index contributed by atoms with van der Waals surface area (Å²) in [6.45, 7) is 10.5. The lowest BCUT2D eigenvalue weighted by Gasteiger charge is -2.43. The van der Waals surface area contributed by atoms with Gasteiger partial charge in [0.25, 0.3) is 0 Å². The molecule has 0 aliphatic carbocycles. The Morgan fingerprint density at radius 2 is 1.51 bits per heavy atom. The highest BCUT2D eigenvalue weighted by molar-refractivity contribution is 5.98. The van der Waals surface area contributed by atoms with Gasteiger partial charge >= 0.3 is 11.9 Å². The molecule has 9 atom stereocenters. The predicted octanol–water partition coefficient (Wildman–Crippen LogP) is 1.50. The van der Waals surface area contributed by atoms with E-state index >= 15 is 0 Å². The molecule has 1 aromatic rings. The summed E-state index contributed by atoms with van der Waals surface area (Å²) in [7, 11) is 1.36. The smallest absolute Gasteiger partial charge is 0.329 e. The molecule has 3 rings (SSSR count). The molecule has 0 radical (unpaired) electrons. The van der Waals surface area contributed by atoms with E-state index in [4.69, 9.17) is 10.5 Å². The number of nitrogens with zero attached hydrogens (tertiary/aromatic N) is 2. The third-order valence-corrected chi connectivity index (χ3v) is 12.7. The Balaban J connectivity index is 2.19. The van der Waals surface area contributed by atoms with Gasteiger partial charge in [0.1, 0.15) is 60.4 Å². The Morgan fingerprint density at radius 3 is 2.13 bits per heavy atom. The zero-order valence-corrected chi connectivity index (χ0v) is 41.9. The summed E-state index contributed by atoms with van der Waals surface area (Å²) in [5.74, 6) is -8.87. The number of aliphatic hydroxyl groups excluding tert-OH is 1. The van der Waals surface area contributed by atoms with Crippen LogP contribution in [0.25, 0.3) is 0 Å². The van der Waals surface area contributed by atoms with Crippen molar-refractivity contribution in [3.63, 3.8) is 0 Å². The number of carboxylic acid groups (broad SMARTS) is 1. The first kappa shape index (κ1) is 58.5. The lowest BCUT2D eigenvalue weighted by molar-refractivity contribution is -0.166. The summed E-state index contributed by atoms with van der Waals surface area (Å²) in [4.78, 5) is 128. The molecule has 21 heteroatoms. The second kappa shape index (κ2) is 28.7. The molecule has 2 aliphatic heterocycles. The molecule has 2 heterocycles. The minimum absolute atomic E-state index is 0.00443. The van der Waals surface area contributed by atoms with Crippen LogP contribution in [0.3, 0.4) is 0 Å². The Labute approximate surface area is 411 Å². The number of piperidine rings is 1. The zero-order chi connectivity index (χ0) is 52.2. The number of aliphatic carboxylic acids is 1. The van der Waals surface area contributed by atoms with E-state index in [1.165, 1.54) is 26.1 Å². The van der Waals surface area contributed by atoms with Crippen LogP contribution >= 0.6 is 0 Å². The highest BCUT2D eigenvalue weighted by Gasteiger charge is 2.46. The lowest BCUT2D eigenvalue weighted by Crippen LogP contribution is -2.65. The molecule has 2 aliphatic rings. The molecule has 2 fully saturated rings. The zero-order valence-electron chi connectivity index (χ0n) is 41.9. The van der Waals surface area contributed by atoms with Gasteiger partial charge in [-0.1, -0.05) is 72.4 Å². The van der Waals surface area contributed by atoms with Gasteiger partial charge < -0.3 is 62.2 Å². The SMILES string of the molecule is CCCCCCCC(=O)N[C@@H](CCC(=O)O)C(=O)N[C@@H]1C(=O)N[C@@H](CCCCN)C(=O)N[C@H]2CC[C@@H](O)N(C2=O)[C@@H](CC(C)C)C(=O)N(C)[C@@H](Cc2ccc(O)cc2)C(=O)N[C@@H](C(C)C)C(=O)O[C@@H]1C. The second-order valence-electron chi connectivity index (χ2n) is 19.3. The van der Waals surface area contributed by atoms with E-state index in [1.807, 2.05) is 20.8 Å². The van der Waals surface area contributed by atoms with Crippen LogP contribution in [0.2, 0.25) is 0 Å². The third kappa shape index (κ3) is 17.8. The first-order valence-electron chi connectivity index (χ1n) is 24.8. The van der Waals surface area contributed by atoms with Gasteiger partial charge in [-0.3, -0.25) is 38.4 Å². The Morgan fingerprint density at radius 1 is 0.843 bits per heavy atom. The normalized spacial score (nSPS) is 24.7. The number of amides is 7. The van der Waals surface area contributed by atoms with E-state index in [2.05, 4.69) is 26.6 Å². The Hall–Kier alpha value is -5.83. The van der Waals surface area contributed by atoms with Gasteiger partial charge in [0.2, 0.25) is 41.4 Å². The highest BCUT2D eigenvalue weighted by atomic mass is 16.5. The molecule has 0 unspecified atom stereocenters. The fraction of sp³-hybridized carbons (Fsp3) is 0.694. The van der Waals surface area contributed by atoms with Crippen LogP contribution in [0.1, 0.15) is 137 Å². The van der Waals surface area contributed by atoms with Crippen LogP contribution in [-0.4, -0.2) is 147 Å². The molecule has 0 saturated carbocycles. The number of unbranched alkanes of at least 4 members (excludes halogenated alkanes) is 5. The van der Waals surface area contributed by atoms with Crippen molar-refractivity contribution in [2.75, 3.05) is 13.6 Å². The van der Waals surface area contributed by atoms with Crippen molar-refractivity contribution >= 4 is 53.3 Å². The van der Waals surface area contributed by atoms with Crippen LogP contribution in [0.5, 0.6) is 5.75 Å². The number of cyclic esters (lactones) is 1. The first-order chi connectivity index (χ1) is 33.1. The molecule has 2 bridgehead atoms. The lowest BCUT2D eigenvalue weighted by atomic mass is 9.94. The minimum atomic E-state index is -1.78. The molecule has 7 amide bonds. The summed E-state index contributed by atoms with van der Waals surface area (Å²) in [5, 5.41) is 44.1. The van der Waals surface area contributed by atoms with Crippen molar-refractivity contribution in [2.24, 2.45) is 17.6 Å². The number of ether oxygens (including phenoxy) is 1. The average Bonchev–Trinajstić information content (AvgIpc) is 3.29. The van der Waals surface area contributed by atoms with Crippen molar-refractivity contribution in [1.82, 2.24) is 36.4 Å². The number of hydrogen-bond donors (Lipinski definition) is 9. The molecule has 2 saturated heterocycles. The van der Waals surface area contributed by atoms with Crippen LogP contribution in [0.4, 0.5) is 0 Å². The number of hydrogen-bond acceptors (Lipinski definition) is 13. The maximum atomic E-state index is 14.8. The largest absolute Gasteiger partial charge is 0.508 e. The number of carbonyl (C=O) groups is 9. The number of fused-ring (bicyclic) bond motifs is 2. The van der Waals surface area contributed by atoms with Crippen LogP contribution < -0.4 is 32.3 Å². The predicted molar refractivity (Wildman–Crippen MR) is 257 cm³/mol. The fourth-order valence-corrected chi connectivity index (χ4v) is 8.54. The topological polar surface area (TPSA) is 316 Å². The number of phenols is 1. The molecular weight excluding hydrogens is 909 g/mol. The number of nitrogens with two attached hydrogens (primary N) is 1. The summed E-state index contributed by atoms with van der Waals surface area (Å²) in [5.41, 5.74) is 6.28. The van der Waals surface area contributed by atoms with E-state index in [-0.39, 0.29) is 63.2 Å². The number of phenolic OH excluding ortho intramolecular Hbond substituents is 1. The first-order valence-corrected chi connectivity index (χ1v) is 24.8.